The summed E-state index contributed by atoms with van der Waals surface area (Å²) < 4.78 is 0. The molecule has 0 aliphatic heterocycles. The maximum Gasteiger partial charge on any atom is 0.120 e. The van der Waals surface area contributed by atoms with Crippen molar-refractivity contribution in [1.29, 1.82) is 0 Å². The van der Waals surface area contributed by atoms with Gasteiger partial charge >= 0.3 is 0 Å². The highest BCUT2D eigenvalue weighted by molar-refractivity contribution is 6.30. The van der Waals surface area contributed by atoms with Crippen LogP contribution in [0, 0.1) is 6.92 Å². The molecule has 0 saturated carbocycles. The van der Waals surface area contributed by atoms with E-state index in [9.17, 15) is 5.11 Å². The Hall–Kier alpha value is -1.67. The van der Waals surface area contributed by atoms with E-state index in [1.54, 1.807) is 6.07 Å². The first-order valence-electron chi connectivity index (χ1n) is 5.88. The fourth-order valence-electron chi connectivity index (χ4n) is 1.78. The van der Waals surface area contributed by atoms with Crippen LogP contribution in [0.3, 0.4) is 0 Å². The minimum absolute atomic E-state index is 0.157. The summed E-state index contributed by atoms with van der Waals surface area (Å²) >= 11 is 5.86. The Bertz CT molecular complexity index is 537. The molecule has 0 saturated heterocycles. The smallest absolute Gasteiger partial charge is 0.120 e. The van der Waals surface area contributed by atoms with Crippen molar-refractivity contribution in [2.45, 2.75) is 19.9 Å². The Labute approximate surface area is 112 Å². The Balaban J connectivity index is 2.13. The van der Waals surface area contributed by atoms with Gasteiger partial charge < -0.3 is 10.4 Å². The van der Waals surface area contributed by atoms with Gasteiger partial charge in [-0.1, -0.05) is 29.8 Å². The Morgan fingerprint density at radius 2 is 1.78 bits per heavy atom. The Morgan fingerprint density at radius 3 is 2.39 bits per heavy atom. The normalized spacial score (nSPS) is 12.2. The largest absolute Gasteiger partial charge is 0.508 e. The second-order valence-corrected chi connectivity index (χ2v) is 4.86. The number of hydrogen-bond donors (Lipinski definition) is 2. The maximum absolute atomic E-state index is 9.66. The number of nitrogens with one attached hydrogen (secondary N) is 1. The lowest BCUT2D eigenvalue weighted by Crippen LogP contribution is -2.06. The van der Waals surface area contributed by atoms with E-state index in [0.29, 0.717) is 5.75 Å². The van der Waals surface area contributed by atoms with Crippen LogP contribution >= 0.6 is 11.6 Å². The van der Waals surface area contributed by atoms with Crippen LogP contribution in [0.1, 0.15) is 24.1 Å². The molecular weight excluding hydrogens is 246 g/mol. The molecule has 0 radical (unpaired) electrons. The minimum atomic E-state index is 0.157. The standard InChI is InChI=1S/C15H16ClNO/c1-10-3-8-14(9-15(10)18)17-11(2)12-4-6-13(16)7-5-12/h3-9,11,17-18H,1-2H3. The molecule has 0 fully saturated rings. The summed E-state index contributed by atoms with van der Waals surface area (Å²) in [7, 11) is 0. The second kappa shape index (κ2) is 5.32. The fraction of sp³-hybridized carbons (Fsp3) is 0.200. The van der Waals surface area contributed by atoms with Crippen LogP contribution in [0.15, 0.2) is 42.5 Å². The van der Waals surface area contributed by atoms with E-state index in [1.807, 2.05) is 43.3 Å². The number of phenolic OH excluding ortho intramolecular Hbond substituents is 1. The molecule has 18 heavy (non-hydrogen) atoms. The van der Waals surface area contributed by atoms with Crippen molar-refractivity contribution in [3.63, 3.8) is 0 Å². The van der Waals surface area contributed by atoms with E-state index < -0.39 is 0 Å². The molecule has 0 amide bonds. The lowest BCUT2D eigenvalue weighted by Gasteiger charge is -2.16. The van der Waals surface area contributed by atoms with Gasteiger partial charge in [-0.3, -0.25) is 0 Å². The molecule has 1 atom stereocenters. The van der Waals surface area contributed by atoms with Crippen LogP contribution < -0.4 is 5.32 Å². The van der Waals surface area contributed by atoms with Crippen molar-refractivity contribution in [1.82, 2.24) is 0 Å². The third kappa shape index (κ3) is 2.96. The number of aromatic hydroxyl groups is 1. The minimum Gasteiger partial charge on any atom is -0.508 e. The van der Waals surface area contributed by atoms with Gasteiger partial charge in [-0.05, 0) is 43.2 Å². The van der Waals surface area contributed by atoms with Gasteiger partial charge in [0.25, 0.3) is 0 Å². The highest BCUT2D eigenvalue weighted by atomic mass is 35.5. The Kier molecular flexibility index (Phi) is 3.78. The van der Waals surface area contributed by atoms with Gasteiger partial charge in [0, 0.05) is 22.8 Å². The molecule has 94 valence electrons. The van der Waals surface area contributed by atoms with Gasteiger partial charge in [-0.15, -0.1) is 0 Å². The number of hydrogen-bond acceptors (Lipinski definition) is 2. The number of rotatable bonds is 3. The summed E-state index contributed by atoms with van der Waals surface area (Å²) in [6, 6.07) is 13.5. The van der Waals surface area contributed by atoms with Crippen LogP contribution in [-0.2, 0) is 0 Å². The number of phenols is 1. The van der Waals surface area contributed by atoms with Gasteiger partial charge in [0.05, 0.1) is 0 Å². The SMILES string of the molecule is Cc1ccc(NC(C)c2ccc(Cl)cc2)cc1O. The number of anilines is 1. The lowest BCUT2D eigenvalue weighted by molar-refractivity contribution is 0.471. The summed E-state index contributed by atoms with van der Waals surface area (Å²) in [5, 5.41) is 13.7. The van der Waals surface area contributed by atoms with Crippen molar-refractivity contribution in [2.75, 3.05) is 5.32 Å². The van der Waals surface area contributed by atoms with Gasteiger partial charge in [0.2, 0.25) is 0 Å². The van der Waals surface area contributed by atoms with Crippen molar-refractivity contribution in [2.24, 2.45) is 0 Å². The van der Waals surface area contributed by atoms with Gasteiger partial charge in [-0.2, -0.15) is 0 Å². The van der Waals surface area contributed by atoms with Gasteiger partial charge in [0.1, 0.15) is 5.75 Å². The average Bonchev–Trinajstić information content (AvgIpc) is 2.34. The molecule has 0 aliphatic carbocycles. The van der Waals surface area contributed by atoms with Crippen LogP contribution in [0.4, 0.5) is 5.69 Å². The van der Waals surface area contributed by atoms with Crippen molar-refractivity contribution in [3.8, 4) is 5.75 Å². The van der Waals surface area contributed by atoms with Crippen LogP contribution in [-0.4, -0.2) is 5.11 Å². The average molecular weight is 262 g/mol. The highest BCUT2D eigenvalue weighted by Gasteiger charge is 2.06. The van der Waals surface area contributed by atoms with E-state index in [2.05, 4.69) is 12.2 Å². The molecule has 0 bridgehead atoms. The molecule has 0 aliphatic rings. The van der Waals surface area contributed by atoms with Crippen molar-refractivity contribution in [3.05, 3.63) is 58.6 Å². The topological polar surface area (TPSA) is 32.3 Å². The van der Waals surface area contributed by atoms with E-state index in [0.717, 1.165) is 21.8 Å². The monoisotopic (exact) mass is 261 g/mol. The summed E-state index contributed by atoms with van der Waals surface area (Å²) in [5.41, 5.74) is 2.93. The third-order valence-corrected chi connectivity index (χ3v) is 3.21. The number of aryl methyl sites for hydroxylation is 1. The molecular formula is C15H16ClNO. The predicted octanol–water partition coefficient (Wildman–Crippen LogP) is 4.53. The summed E-state index contributed by atoms with van der Waals surface area (Å²) in [5.74, 6) is 0.309. The van der Waals surface area contributed by atoms with Gasteiger partial charge in [-0.25, -0.2) is 0 Å². The predicted molar refractivity (Wildman–Crippen MR) is 76.3 cm³/mol. The summed E-state index contributed by atoms with van der Waals surface area (Å²) in [6.07, 6.45) is 0. The summed E-state index contributed by atoms with van der Waals surface area (Å²) in [6.45, 7) is 3.95. The maximum atomic E-state index is 9.66. The molecule has 0 heterocycles. The van der Waals surface area contributed by atoms with Crippen molar-refractivity contribution < 1.29 is 5.11 Å². The quantitative estimate of drug-likeness (QED) is 0.851. The number of benzene rings is 2. The zero-order chi connectivity index (χ0) is 13.1. The first kappa shape index (κ1) is 12.8. The Morgan fingerprint density at radius 1 is 1.11 bits per heavy atom. The molecule has 3 heteroatoms. The third-order valence-electron chi connectivity index (χ3n) is 2.96. The first-order valence-corrected chi connectivity index (χ1v) is 6.25. The molecule has 2 aromatic carbocycles. The van der Waals surface area contributed by atoms with E-state index >= 15 is 0 Å². The van der Waals surface area contributed by atoms with E-state index in [-0.39, 0.29) is 6.04 Å². The molecule has 0 aromatic heterocycles. The second-order valence-electron chi connectivity index (χ2n) is 4.42. The molecule has 1 unspecified atom stereocenters. The van der Waals surface area contributed by atoms with Crippen molar-refractivity contribution >= 4 is 17.3 Å². The first-order chi connectivity index (χ1) is 8.56. The zero-order valence-electron chi connectivity index (χ0n) is 10.4. The molecule has 2 nitrogen and oxygen atoms in total. The van der Waals surface area contributed by atoms with E-state index in [1.165, 1.54) is 0 Å². The molecule has 2 rings (SSSR count). The summed E-state index contributed by atoms with van der Waals surface area (Å²) in [4.78, 5) is 0. The van der Waals surface area contributed by atoms with Crippen LogP contribution in [0.25, 0.3) is 0 Å². The molecule has 2 aromatic rings. The lowest BCUT2D eigenvalue weighted by atomic mass is 10.1. The van der Waals surface area contributed by atoms with Gasteiger partial charge in [0.15, 0.2) is 0 Å². The fourth-order valence-corrected chi connectivity index (χ4v) is 1.91. The molecule has 2 N–H and O–H groups in total. The molecule has 0 spiro atoms. The number of halogens is 1. The highest BCUT2D eigenvalue weighted by Crippen LogP contribution is 2.25. The van der Waals surface area contributed by atoms with Crippen LogP contribution in [0.2, 0.25) is 5.02 Å². The van der Waals surface area contributed by atoms with Crippen LogP contribution in [0.5, 0.6) is 5.75 Å². The van der Waals surface area contributed by atoms with E-state index in [4.69, 9.17) is 11.6 Å². The zero-order valence-corrected chi connectivity index (χ0v) is 11.2.